The molecule has 0 saturated carbocycles. The zero-order chi connectivity index (χ0) is 13.5. The van der Waals surface area contributed by atoms with Gasteiger partial charge in [-0.25, -0.2) is 14.4 Å². The molecular weight excluding hydrogens is 236 g/mol. The summed E-state index contributed by atoms with van der Waals surface area (Å²) in [4.78, 5) is 34.4. The van der Waals surface area contributed by atoms with Crippen molar-refractivity contribution in [3.63, 3.8) is 0 Å². The first-order valence-corrected chi connectivity index (χ1v) is 5.42. The number of hydrogen-bond acceptors (Lipinski definition) is 5. The van der Waals surface area contributed by atoms with Gasteiger partial charge in [0.05, 0.1) is 16.7 Å². The van der Waals surface area contributed by atoms with Crippen LogP contribution in [0, 0.1) is 0 Å². The molecule has 1 heterocycles. The van der Waals surface area contributed by atoms with Crippen molar-refractivity contribution in [3.8, 4) is 0 Å². The molecule has 0 spiro atoms. The molecule has 0 unspecified atom stereocenters. The van der Waals surface area contributed by atoms with Crippen molar-refractivity contribution in [1.29, 1.82) is 0 Å². The molecule has 1 aliphatic heterocycles. The Bertz CT molecular complexity index is 551. The fourth-order valence-electron chi connectivity index (χ4n) is 1.55. The second-order valence-corrected chi connectivity index (χ2v) is 4.94. The van der Waals surface area contributed by atoms with E-state index < -0.39 is 23.5 Å². The number of rotatable bonds is 1. The summed E-state index contributed by atoms with van der Waals surface area (Å²) in [5, 5.41) is 0. The predicted molar refractivity (Wildman–Crippen MR) is 61.4 cm³/mol. The van der Waals surface area contributed by atoms with Crippen LogP contribution < -0.4 is 0 Å². The predicted octanol–water partition coefficient (Wildman–Crippen LogP) is 1.95. The minimum absolute atomic E-state index is 0.100. The third-order valence-corrected chi connectivity index (χ3v) is 2.28. The molecule has 0 N–H and O–H groups in total. The molecule has 1 aromatic carbocycles. The largest absolute Gasteiger partial charge is 0.456 e. The molecule has 0 aliphatic carbocycles. The van der Waals surface area contributed by atoms with Crippen LogP contribution >= 0.6 is 0 Å². The van der Waals surface area contributed by atoms with Gasteiger partial charge >= 0.3 is 17.9 Å². The number of carbonyl (C=O) groups is 3. The van der Waals surface area contributed by atoms with Crippen LogP contribution in [0.15, 0.2) is 18.2 Å². The molecule has 0 bridgehead atoms. The zero-order valence-electron chi connectivity index (χ0n) is 10.3. The number of ether oxygens (including phenoxy) is 2. The SMILES string of the molecule is CC(C)(C)OC(=O)c1ccc2c(c1)C(=O)OC2=O. The molecule has 94 valence electrons. The van der Waals surface area contributed by atoms with Gasteiger partial charge in [0.25, 0.3) is 0 Å². The number of benzene rings is 1. The maximum atomic E-state index is 11.8. The first-order chi connectivity index (χ1) is 8.28. The van der Waals surface area contributed by atoms with Gasteiger partial charge in [-0.1, -0.05) is 0 Å². The third kappa shape index (κ3) is 2.25. The highest BCUT2D eigenvalue weighted by atomic mass is 16.6. The van der Waals surface area contributed by atoms with Crippen LogP contribution in [0.2, 0.25) is 0 Å². The number of cyclic esters (lactones) is 2. The number of carbonyl (C=O) groups excluding carboxylic acids is 3. The summed E-state index contributed by atoms with van der Waals surface area (Å²) < 4.78 is 9.61. The second-order valence-electron chi connectivity index (χ2n) is 4.94. The van der Waals surface area contributed by atoms with Crippen LogP contribution in [0.1, 0.15) is 51.8 Å². The molecule has 1 aromatic rings. The lowest BCUT2D eigenvalue weighted by Gasteiger charge is -2.19. The Labute approximate surface area is 104 Å². The Morgan fingerprint density at radius 1 is 1.11 bits per heavy atom. The van der Waals surface area contributed by atoms with E-state index in [1.807, 2.05) is 0 Å². The standard InChI is InChI=1S/C13H12O5/c1-13(2,3)18-10(14)7-4-5-8-9(6-7)12(16)17-11(8)15/h4-6H,1-3H3. The molecule has 5 nitrogen and oxygen atoms in total. The lowest BCUT2D eigenvalue weighted by Crippen LogP contribution is -2.24. The molecule has 0 atom stereocenters. The summed E-state index contributed by atoms with van der Waals surface area (Å²) in [7, 11) is 0. The molecule has 5 heteroatoms. The maximum Gasteiger partial charge on any atom is 0.346 e. The Hall–Kier alpha value is -2.17. The van der Waals surface area contributed by atoms with Gasteiger partial charge in [0.2, 0.25) is 0 Å². The van der Waals surface area contributed by atoms with E-state index in [1.165, 1.54) is 18.2 Å². The molecule has 0 aromatic heterocycles. The fraction of sp³-hybridized carbons (Fsp3) is 0.308. The smallest absolute Gasteiger partial charge is 0.346 e. The van der Waals surface area contributed by atoms with E-state index in [0.717, 1.165) is 0 Å². The Morgan fingerprint density at radius 3 is 2.33 bits per heavy atom. The van der Waals surface area contributed by atoms with Gasteiger partial charge in [-0.2, -0.15) is 0 Å². The van der Waals surface area contributed by atoms with E-state index >= 15 is 0 Å². The topological polar surface area (TPSA) is 69.7 Å². The van der Waals surface area contributed by atoms with E-state index in [9.17, 15) is 14.4 Å². The minimum atomic E-state index is -0.736. The molecule has 0 amide bonds. The average molecular weight is 248 g/mol. The first-order valence-electron chi connectivity index (χ1n) is 5.42. The average Bonchev–Trinajstić information content (AvgIpc) is 2.52. The van der Waals surface area contributed by atoms with Crippen LogP contribution in [0.25, 0.3) is 0 Å². The summed E-state index contributed by atoms with van der Waals surface area (Å²) in [6.07, 6.45) is 0. The quantitative estimate of drug-likeness (QED) is 0.561. The highest BCUT2D eigenvalue weighted by Crippen LogP contribution is 2.22. The van der Waals surface area contributed by atoms with Crippen LogP contribution in [0.4, 0.5) is 0 Å². The van der Waals surface area contributed by atoms with Crippen LogP contribution in [-0.2, 0) is 9.47 Å². The van der Waals surface area contributed by atoms with E-state index in [2.05, 4.69) is 4.74 Å². The molecular formula is C13H12O5. The summed E-state index contributed by atoms with van der Waals surface area (Å²) in [6, 6.07) is 4.14. The lowest BCUT2D eigenvalue weighted by molar-refractivity contribution is 0.00691. The van der Waals surface area contributed by atoms with Gasteiger partial charge in [0.15, 0.2) is 0 Å². The monoisotopic (exact) mass is 248 g/mol. The summed E-state index contributed by atoms with van der Waals surface area (Å²) >= 11 is 0. The number of fused-ring (bicyclic) bond motifs is 1. The van der Waals surface area contributed by atoms with Gasteiger partial charge in [0.1, 0.15) is 5.60 Å². The highest BCUT2D eigenvalue weighted by molar-refractivity contribution is 6.15. The van der Waals surface area contributed by atoms with Crippen molar-refractivity contribution < 1.29 is 23.9 Å². The maximum absolute atomic E-state index is 11.8. The Balaban J connectivity index is 2.33. The molecule has 18 heavy (non-hydrogen) atoms. The highest BCUT2D eigenvalue weighted by Gasteiger charge is 2.31. The molecule has 0 fully saturated rings. The Morgan fingerprint density at radius 2 is 1.72 bits per heavy atom. The second kappa shape index (κ2) is 3.94. The normalized spacial score (nSPS) is 14.2. The van der Waals surface area contributed by atoms with Crippen molar-refractivity contribution in [3.05, 3.63) is 34.9 Å². The van der Waals surface area contributed by atoms with Gasteiger partial charge < -0.3 is 9.47 Å². The molecule has 1 aliphatic rings. The van der Waals surface area contributed by atoms with Crippen LogP contribution in [-0.4, -0.2) is 23.5 Å². The summed E-state index contributed by atoms with van der Waals surface area (Å²) in [5.74, 6) is -1.97. The van der Waals surface area contributed by atoms with E-state index in [-0.39, 0.29) is 16.7 Å². The molecule has 0 saturated heterocycles. The van der Waals surface area contributed by atoms with E-state index in [4.69, 9.17) is 4.74 Å². The fourth-order valence-corrected chi connectivity index (χ4v) is 1.55. The van der Waals surface area contributed by atoms with Crippen molar-refractivity contribution in [2.45, 2.75) is 26.4 Å². The van der Waals surface area contributed by atoms with Crippen LogP contribution in [0.5, 0.6) is 0 Å². The van der Waals surface area contributed by atoms with Crippen molar-refractivity contribution in [2.75, 3.05) is 0 Å². The Kier molecular flexibility index (Phi) is 2.69. The zero-order valence-corrected chi connectivity index (χ0v) is 10.3. The molecule has 0 radical (unpaired) electrons. The molecule has 2 rings (SSSR count). The van der Waals surface area contributed by atoms with Crippen molar-refractivity contribution in [1.82, 2.24) is 0 Å². The number of hydrogen-bond donors (Lipinski definition) is 0. The van der Waals surface area contributed by atoms with E-state index in [0.29, 0.717) is 0 Å². The minimum Gasteiger partial charge on any atom is -0.456 e. The van der Waals surface area contributed by atoms with Gasteiger partial charge in [-0.05, 0) is 39.0 Å². The van der Waals surface area contributed by atoms with Gasteiger partial charge in [-0.15, -0.1) is 0 Å². The van der Waals surface area contributed by atoms with Gasteiger partial charge in [-0.3, -0.25) is 0 Å². The summed E-state index contributed by atoms with van der Waals surface area (Å²) in [6.45, 7) is 5.24. The van der Waals surface area contributed by atoms with Crippen molar-refractivity contribution >= 4 is 17.9 Å². The third-order valence-electron chi connectivity index (χ3n) is 2.28. The van der Waals surface area contributed by atoms with Gasteiger partial charge in [0, 0.05) is 0 Å². The summed E-state index contributed by atoms with van der Waals surface area (Å²) in [5.41, 5.74) is -0.127. The van der Waals surface area contributed by atoms with Crippen LogP contribution in [0.3, 0.4) is 0 Å². The number of esters is 3. The van der Waals surface area contributed by atoms with E-state index in [1.54, 1.807) is 20.8 Å². The lowest BCUT2D eigenvalue weighted by atomic mass is 10.1. The first kappa shape index (κ1) is 12.3. The van der Waals surface area contributed by atoms with Crippen molar-refractivity contribution in [2.24, 2.45) is 0 Å².